The molecule has 1 aromatic rings. The van der Waals surface area contributed by atoms with Gasteiger partial charge < -0.3 is 5.73 Å². The van der Waals surface area contributed by atoms with E-state index in [0.717, 1.165) is 12.0 Å². The van der Waals surface area contributed by atoms with Crippen molar-refractivity contribution in [3.63, 3.8) is 0 Å². The lowest BCUT2D eigenvalue weighted by Crippen LogP contribution is -2.39. The first kappa shape index (κ1) is 17.1. The monoisotopic (exact) mass is 298 g/mol. The molecular formula is C15H26N2O2S. The van der Waals surface area contributed by atoms with Gasteiger partial charge in [0.25, 0.3) is 0 Å². The zero-order valence-corrected chi connectivity index (χ0v) is 13.7. The first-order chi connectivity index (χ1) is 9.28. The van der Waals surface area contributed by atoms with Crippen molar-refractivity contribution in [2.24, 2.45) is 11.7 Å². The van der Waals surface area contributed by atoms with Crippen LogP contribution in [0.5, 0.6) is 0 Å². The summed E-state index contributed by atoms with van der Waals surface area (Å²) in [6.45, 7) is 8.96. The molecule has 0 aliphatic heterocycles. The zero-order valence-electron chi connectivity index (χ0n) is 12.8. The fraction of sp³-hybridized carbons (Fsp3) is 0.600. The van der Waals surface area contributed by atoms with Gasteiger partial charge >= 0.3 is 0 Å². The summed E-state index contributed by atoms with van der Waals surface area (Å²) in [6, 6.07) is 6.99. The van der Waals surface area contributed by atoms with Crippen LogP contribution >= 0.6 is 0 Å². The van der Waals surface area contributed by atoms with Crippen LogP contribution in [0.4, 0.5) is 0 Å². The van der Waals surface area contributed by atoms with Crippen molar-refractivity contribution < 1.29 is 8.42 Å². The second-order valence-corrected chi connectivity index (χ2v) is 7.64. The second-order valence-electron chi connectivity index (χ2n) is 5.74. The minimum Gasteiger partial charge on any atom is -0.330 e. The van der Waals surface area contributed by atoms with Crippen LogP contribution in [-0.4, -0.2) is 31.9 Å². The Labute approximate surface area is 123 Å². The molecule has 0 saturated carbocycles. The lowest BCUT2D eigenvalue weighted by molar-refractivity contribution is 0.319. The third-order valence-electron chi connectivity index (χ3n) is 3.08. The molecule has 0 atom stereocenters. The number of benzene rings is 1. The van der Waals surface area contributed by atoms with E-state index in [-0.39, 0.29) is 6.04 Å². The number of sulfonamides is 1. The van der Waals surface area contributed by atoms with Gasteiger partial charge in [-0.05, 0) is 50.4 Å². The molecular weight excluding hydrogens is 272 g/mol. The van der Waals surface area contributed by atoms with Crippen LogP contribution in [0.3, 0.4) is 0 Å². The summed E-state index contributed by atoms with van der Waals surface area (Å²) in [4.78, 5) is 0.354. The quantitative estimate of drug-likeness (QED) is 0.839. The molecule has 1 rings (SSSR count). The summed E-state index contributed by atoms with van der Waals surface area (Å²) in [7, 11) is -3.43. The van der Waals surface area contributed by atoms with Gasteiger partial charge in [0.05, 0.1) is 4.90 Å². The topological polar surface area (TPSA) is 63.4 Å². The zero-order chi connectivity index (χ0) is 15.3. The van der Waals surface area contributed by atoms with Crippen molar-refractivity contribution >= 4 is 10.0 Å². The van der Waals surface area contributed by atoms with E-state index in [0.29, 0.717) is 23.9 Å². The molecule has 5 heteroatoms. The number of nitrogens with two attached hydrogens (primary N) is 1. The van der Waals surface area contributed by atoms with E-state index >= 15 is 0 Å². The van der Waals surface area contributed by atoms with Crippen molar-refractivity contribution in [3.05, 3.63) is 29.8 Å². The Morgan fingerprint density at radius 1 is 1.10 bits per heavy atom. The molecule has 0 aliphatic rings. The molecule has 0 fully saturated rings. The highest BCUT2D eigenvalue weighted by atomic mass is 32.2. The molecule has 0 bridgehead atoms. The molecule has 20 heavy (non-hydrogen) atoms. The fourth-order valence-electron chi connectivity index (χ4n) is 2.08. The number of hydrogen-bond donors (Lipinski definition) is 1. The highest BCUT2D eigenvalue weighted by Crippen LogP contribution is 2.20. The molecule has 0 amide bonds. The lowest BCUT2D eigenvalue weighted by Gasteiger charge is -2.27. The summed E-state index contributed by atoms with van der Waals surface area (Å²) >= 11 is 0. The molecule has 0 radical (unpaired) electrons. The van der Waals surface area contributed by atoms with Crippen LogP contribution in [-0.2, 0) is 16.4 Å². The molecule has 0 aromatic heterocycles. The SMILES string of the molecule is CC(C)CN(C(C)C)S(=O)(=O)c1ccc(CCN)cc1. The maximum absolute atomic E-state index is 12.7. The van der Waals surface area contributed by atoms with Crippen LogP contribution in [0.25, 0.3) is 0 Å². The minimum absolute atomic E-state index is 0.0499. The predicted molar refractivity (Wildman–Crippen MR) is 83.1 cm³/mol. The smallest absolute Gasteiger partial charge is 0.243 e. The molecule has 0 spiro atoms. The molecule has 4 nitrogen and oxygen atoms in total. The summed E-state index contributed by atoms with van der Waals surface area (Å²) in [6.07, 6.45) is 0.764. The summed E-state index contributed by atoms with van der Waals surface area (Å²) in [5, 5.41) is 0. The standard InChI is InChI=1S/C15H26N2O2S/c1-12(2)11-17(13(3)4)20(18,19)15-7-5-14(6-8-15)9-10-16/h5-8,12-13H,9-11,16H2,1-4H3. The van der Waals surface area contributed by atoms with Crippen LogP contribution < -0.4 is 5.73 Å². The van der Waals surface area contributed by atoms with E-state index in [9.17, 15) is 8.42 Å². The van der Waals surface area contributed by atoms with Gasteiger partial charge in [0, 0.05) is 12.6 Å². The predicted octanol–water partition coefficient (Wildman–Crippen LogP) is 2.24. The average Bonchev–Trinajstić information content (AvgIpc) is 2.36. The van der Waals surface area contributed by atoms with E-state index in [1.807, 2.05) is 39.8 Å². The minimum atomic E-state index is -3.43. The van der Waals surface area contributed by atoms with Gasteiger partial charge in [-0.15, -0.1) is 0 Å². The van der Waals surface area contributed by atoms with Crippen molar-refractivity contribution in [2.45, 2.75) is 45.1 Å². The maximum Gasteiger partial charge on any atom is 0.243 e. The summed E-state index contributed by atoms with van der Waals surface area (Å²) in [5.74, 6) is 0.295. The molecule has 0 unspecified atom stereocenters. The lowest BCUT2D eigenvalue weighted by atomic mass is 10.2. The molecule has 0 heterocycles. The van der Waals surface area contributed by atoms with Gasteiger partial charge in [-0.3, -0.25) is 0 Å². The molecule has 1 aromatic carbocycles. The van der Waals surface area contributed by atoms with Gasteiger partial charge in [0.1, 0.15) is 0 Å². The Hall–Kier alpha value is -0.910. The maximum atomic E-state index is 12.7. The van der Waals surface area contributed by atoms with E-state index in [2.05, 4.69) is 0 Å². The van der Waals surface area contributed by atoms with Gasteiger partial charge in [-0.1, -0.05) is 26.0 Å². The largest absolute Gasteiger partial charge is 0.330 e. The average molecular weight is 298 g/mol. The van der Waals surface area contributed by atoms with E-state index in [1.165, 1.54) is 0 Å². The Kier molecular flexibility index (Phi) is 6.17. The molecule has 2 N–H and O–H groups in total. The molecule has 0 saturated heterocycles. The summed E-state index contributed by atoms with van der Waals surface area (Å²) < 4.78 is 26.9. The third kappa shape index (κ3) is 4.30. The van der Waals surface area contributed by atoms with Crippen LogP contribution in [0.15, 0.2) is 29.2 Å². The van der Waals surface area contributed by atoms with E-state index < -0.39 is 10.0 Å². The first-order valence-electron chi connectivity index (χ1n) is 7.10. The van der Waals surface area contributed by atoms with Gasteiger partial charge in [-0.25, -0.2) is 8.42 Å². The van der Waals surface area contributed by atoms with E-state index in [4.69, 9.17) is 5.73 Å². The normalized spacial score (nSPS) is 12.6. The third-order valence-corrected chi connectivity index (χ3v) is 5.14. The fourth-order valence-corrected chi connectivity index (χ4v) is 3.88. The Morgan fingerprint density at radius 2 is 1.65 bits per heavy atom. The highest BCUT2D eigenvalue weighted by molar-refractivity contribution is 7.89. The summed E-state index contributed by atoms with van der Waals surface area (Å²) in [5.41, 5.74) is 6.56. The van der Waals surface area contributed by atoms with Gasteiger partial charge in [0.15, 0.2) is 0 Å². The van der Waals surface area contributed by atoms with Crippen LogP contribution in [0.2, 0.25) is 0 Å². The van der Waals surface area contributed by atoms with E-state index in [1.54, 1.807) is 16.4 Å². The number of nitrogens with zero attached hydrogens (tertiary/aromatic N) is 1. The van der Waals surface area contributed by atoms with Crippen LogP contribution in [0.1, 0.15) is 33.3 Å². The molecule has 0 aliphatic carbocycles. The Morgan fingerprint density at radius 3 is 2.05 bits per heavy atom. The Bertz CT molecular complexity index is 507. The number of hydrogen-bond acceptors (Lipinski definition) is 3. The second kappa shape index (κ2) is 7.20. The molecule has 114 valence electrons. The highest BCUT2D eigenvalue weighted by Gasteiger charge is 2.27. The van der Waals surface area contributed by atoms with Crippen molar-refractivity contribution in [1.29, 1.82) is 0 Å². The number of rotatable bonds is 7. The van der Waals surface area contributed by atoms with Gasteiger partial charge in [0.2, 0.25) is 10.0 Å². The van der Waals surface area contributed by atoms with Crippen molar-refractivity contribution in [2.75, 3.05) is 13.1 Å². The van der Waals surface area contributed by atoms with Gasteiger partial charge in [-0.2, -0.15) is 4.31 Å². The first-order valence-corrected chi connectivity index (χ1v) is 8.54. The Balaban J connectivity index is 3.06. The van der Waals surface area contributed by atoms with Crippen LogP contribution in [0, 0.1) is 5.92 Å². The van der Waals surface area contributed by atoms with Crippen molar-refractivity contribution in [1.82, 2.24) is 4.31 Å². The van der Waals surface area contributed by atoms with Crippen molar-refractivity contribution in [3.8, 4) is 0 Å².